The lowest BCUT2D eigenvalue weighted by molar-refractivity contribution is 0.0367. The van der Waals surface area contributed by atoms with Crippen LogP contribution in [0.2, 0.25) is 0 Å². The number of aliphatic hydroxyl groups is 2. The van der Waals surface area contributed by atoms with Gasteiger partial charge in [0.05, 0.1) is 17.8 Å². The summed E-state index contributed by atoms with van der Waals surface area (Å²) >= 11 is 0. The summed E-state index contributed by atoms with van der Waals surface area (Å²) in [7, 11) is 1.65. The lowest BCUT2D eigenvalue weighted by atomic mass is 10.0. The van der Waals surface area contributed by atoms with E-state index in [0.29, 0.717) is 17.5 Å². The van der Waals surface area contributed by atoms with Crippen LogP contribution in [0.1, 0.15) is 36.2 Å². The molecule has 0 fully saturated rings. The Morgan fingerprint density at radius 3 is 2.60 bits per heavy atom. The molecule has 1 rings (SSSR count). The van der Waals surface area contributed by atoms with Crippen molar-refractivity contribution in [3.05, 3.63) is 35.4 Å². The highest BCUT2D eigenvalue weighted by molar-refractivity contribution is 5.96. The monoisotopic (exact) mass is 275 g/mol. The summed E-state index contributed by atoms with van der Waals surface area (Å²) in [5, 5.41) is 18.5. The maximum absolute atomic E-state index is 12.4. The minimum absolute atomic E-state index is 0.00170. The van der Waals surface area contributed by atoms with Crippen molar-refractivity contribution < 1.29 is 15.0 Å². The van der Waals surface area contributed by atoms with Crippen LogP contribution in [0.15, 0.2) is 24.3 Å². The van der Waals surface area contributed by atoms with Gasteiger partial charge in [-0.2, -0.15) is 0 Å². The first kappa shape index (κ1) is 16.2. The van der Waals surface area contributed by atoms with Crippen LogP contribution >= 0.6 is 0 Å². The van der Waals surface area contributed by atoms with Gasteiger partial charge in [-0.1, -0.05) is 24.0 Å². The van der Waals surface area contributed by atoms with Crippen molar-refractivity contribution in [2.45, 2.75) is 25.9 Å². The number of likely N-dealkylation sites (N-methyl/N-ethyl adjacent to an activating group) is 1. The number of benzene rings is 1. The molecule has 0 unspecified atom stereocenters. The van der Waals surface area contributed by atoms with Gasteiger partial charge in [0.15, 0.2) is 0 Å². The van der Waals surface area contributed by atoms with E-state index in [1.165, 1.54) is 4.90 Å². The number of nitrogens with zero attached hydrogens (tertiary/aromatic N) is 1. The van der Waals surface area contributed by atoms with Crippen molar-refractivity contribution in [1.82, 2.24) is 4.90 Å². The van der Waals surface area contributed by atoms with Crippen molar-refractivity contribution >= 4 is 5.91 Å². The molecule has 4 nitrogen and oxygen atoms in total. The molecular formula is C16H21NO3. The van der Waals surface area contributed by atoms with Crippen LogP contribution in [0.3, 0.4) is 0 Å². The zero-order valence-electron chi connectivity index (χ0n) is 12.2. The highest BCUT2D eigenvalue weighted by Gasteiger charge is 2.21. The zero-order valence-corrected chi connectivity index (χ0v) is 12.2. The average Bonchev–Trinajstić information content (AvgIpc) is 2.37. The molecule has 1 aromatic rings. The van der Waals surface area contributed by atoms with Gasteiger partial charge in [-0.15, -0.1) is 0 Å². The fraction of sp³-hybridized carbons (Fsp3) is 0.438. The molecule has 0 heterocycles. The number of carbonyl (C=O) groups is 1. The highest BCUT2D eigenvalue weighted by atomic mass is 16.3. The van der Waals surface area contributed by atoms with Crippen molar-refractivity contribution in [3.8, 4) is 11.8 Å². The van der Waals surface area contributed by atoms with Crippen molar-refractivity contribution in [3.63, 3.8) is 0 Å². The predicted molar refractivity (Wildman–Crippen MR) is 78.3 cm³/mol. The van der Waals surface area contributed by atoms with Crippen LogP contribution < -0.4 is 0 Å². The molecule has 4 heteroatoms. The third-order valence-electron chi connectivity index (χ3n) is 2.59. The van der Waals surface area contributed by atoms with Gasteiger partial charge in [-0.05, 0) is 26.0 Å². The van der Waals surface area contributed by atoms with Gasteiger partial charge in [-0.3, -0.25) is 4.79 Å². The second-order valence-electron chi connectivity index (χ2n) is 5.29. The van der Waals surface area contributed by atoms with Crippen LogP contribution in [0.5, 0.6) is 0 Å². The fourth-order valence-corrected chi connectivity index (χ4v) is 1.85. The summed E-state index contributed by atoms with van der Waals surface area (Å²) in [4.78, 5) is 13.9. The highest BCUT2D eigenvalue weighted by Crippen LogP contribution is 2.12. The molecule has 0 spiro atoms. The molecule has 20 heavy (non-hydrogen) atoms. The Morgan fingerprint density at radius 2 is 2.00 bits per heavy atom. The molecule has 0 aliphatic carbocycles. The third kappa shape index (κ3) is 5.04. The van der Waals surface area contributed by atoms with Crippen molar-refractivity contribution in [1.29, 1.82) is 0 Å². The van der Waals surface area contributed by atoms with Gasteiger partial charge < -0.3 is 15.1 Å². The zero-order chi connectivity index (χ0) is 15.2. The number of rotatable bonds is 4. The summed E-state index contributed by atoms with van der Waals surface area (Å²) in [5.74, 6) is 5.53. The van der Waals surface area contributed by atoms with Gasteiger partial charge in [0.25, 0.3) is 5.91 Å². The largest absolute Gasteiger partial charge is 0.395 e. The molecule has 2 N–H and O–H groups in total. The summed E-state index contributed by atoms with van der Waals surface area (Å²) < 4.78 is 0. The van der Waals surface area contributed by atoms with Gasteiger partial charge >= 0.3 is 0 Å². The van der Waals surface area contributed by atoms with Crippen LogP contribution in [-0.4, -0.2) is 46.8 Å². The SMILES string of the molecule is CN(CC(C)(C)O)C(=O)c1ccccc1C#CCCO. The third-order valence-corrected chi connectivity index (χ3v) is 2.59. The van der Waals surface area contributed by atoms with Crippen LogP contribution in [0.25, 0.3) is 0 Å². The Bertz CT molecular complexity index is 521. The summed E-state index contributed by atoms with van der Waals surface area (Å²) in [6, 6.07) is 7.08. The molecule has 0 saturated carbocycles. The van der Waals surface area contributed by atoms with Gasteiger partial charge in [0.1, 0.15) is 0 Å². The molecule has 0 aliphatic heterocycles. The van der Waals surface area contributed by atoms with Gasteiger partial charge in [0, 0.05) is 25.6 Å². The number of carbonyl (C=O) groups excluding carboxylic acids is 1. The Morgan fingerprint density at radius 1 is 1.35 bits per heavy atom. The Labute approximate surface area is 120 Å². The molecule has 0 aromatic heterocycles. The Hall–Kier alpha value is -1.83. The normalized spacial score (nSPS) is 10.7. The van der Waals surface area contributed by atoms with E-state index in [0.717, 1.165) is 0 Å². The van der Waals surface area contributed by atoms with E-state index in [1.807, 2.05) is 6.07 Å². The second kappa shape index (κ2) is 7.09. The van der Waals surface area contributed by atoms with Crippen LogP contribution in [-0.2, 0) is 0 Å². The molecule has 0 radical (unpaired) electrons. The second-order valence-corrected chi connectivity index (χ2v) is 5.29. The predicted octanol–water partition coefficient (Wildman–Crippen LogP) is 1.26. The number of hydrogen-bond acceptors (Lipinski definition) is 3. The van der Waals surface area contributed by atoms with E-state index in [-0.39, 0.29) is 19.1 Å². The summed E-state index contributed by atoms with van der Waals surface area (Å²) in [5.41, 5.74) is 0.195. The average molecular weight is 275 g/mol. The van der Waals surface area contributed by atoms with E-state index in [9.17, 15) is 9.90 Å². The van der Waals surface area contributed by atoms with Crippen molar-refractivity contribution in [2.24, 2.45) is 0 Å². The minimum Gasteiger partial charge on any atom is -0.395 e. The first-order chi connectivity index (χ1) is 9.35. The number of aliphatic hydroxyl groups excluding tert-OH is 1. The molecule has 0 saturated heterocycles. The van der Waals surface area contributed by atoms with Gasteiger partial charge in [-0.25, -0.2) is 0 Å². The standard InChI is InChI=1S/C16H21NO3/c1-16(2,20)12-17(3)15(19)14-10-5-4-8-13(14)9-6-7-11-18/h4-5,8,10,18,20H,7,11-12H2,1-3H3. The van der Waals surface area contributed by atoms with E-state index in [2.05, 4.69) is 11.8 Å². The Kier molecular flexibility index (Phi) is 5.75. The summed E-state index contributed by atoms with van der Waals surface area (Å²) in [6.07, 6.45) is 0.377. The van der Waals surface area contributed by atoms with Gasteiger partial charge in [0.2, 0.25) is 0 Å². The van der Waals surface area contributed by atoms with E-state index < -0.39 is 5.60 Å². The fourth-order valence-electron chi connectivity index (χ4n) is 1.85. The maximum Gasteiger partial charge on any atom is 0.254 e. The molecule has 1 aromatic carbocycles. The quantitative estimate of drug-likeness (QED) is 0.813. The van der Waals surface area contributed by atoms with E-state index in [1.54, 1.807) is 39.1 Å². The van der Waals surface area contributed by atoms with Crippen LogP contribution in [0.4, 0.5) is 0 Å². The smallest absolute Gasteiger partial charge is 0.254 e. The first-order valence-electron chi connectivity index (χ1n) is 6.52. The lowest BCUT2D eigenvalue weighted by Gasteiger charge is -2.25. The molecule has 0 aliphatic rings. The van der Waals surface area contributed by atoms with Crippen LogP contribution in [0, 0.1) is 11.8 Å². The molecule has 0 bridgehead atoms. The topological polar surface area (TPSA) is 60.8 Å². The molecule has 0 atom stereocenters. The minimum atomic E-state index is -0.943. The summed E-state index contributed by atoms with van der Waals surface area (Å²) in [6.45, 7) is 3.55. The lowest BCUT2D eigenvalue weighted by Crippen LogP contribution is -2.39. The van der Waals surface area contributed by atoms with E-state index in [4.69, 9.17) is 5.11 Å². The maximum atomic E-state index is 12.4. The number of hydrogen-bond donors (Lipinski definition) is 2. The molecular weight excluding hydrogens is 254 g/mol. The van der Waals surface area contributed by atoms with E-state index >= 15 is 0 Å². The molecule has 108 valence electrons. The first-order valence-corrected chi connectivity index (χ1v) is 6.52. The molecule has 1 amide bonds. The van der Waals surface area contributed by atoms with Crippen molar-refractivity contribution in [2.75, 3.05) is 20.2 Å². The number of amides is 1. The Balaban J connectivity index is 2.96.